The second kappa shape index (κ2) is 9.52. The largest absolute Gasteiger partial charge is 0.497 e. The van der Waals surface area contributed by atoms with E-state index in [1.807, 2.05) is 0 Å². The molecule has 2 rings (SSSR count). The molecule has 0 spiro atoms. The van der Waals surface area contributed by atoms with E-state index in [-0.39, 0.29) is 22.4 Å². The molecule has 0 saturated carbocycles. The van der Waals surface area contributed by atoms with Gasteiger partial charge in [-0.2, -0.15) is 5.10 Å². The molecule has 9 heteroatoms. The summed E-state index contributed by atoms with van der Waals surface area (Å²) in [7, 11) is 3.09. The molecule has 0 aliphatic rings. The third-order valence-corrected chi connectivity index (χ3v) is 4.18. The Labute approximate surface area is 165 Å². The van der Waals surface area contributed by atoms with Crippen molar-refractivity contribution in [3.05, 3.63) is 51.0 Å². The normalized spacial score (nSPS) is 10.7. The summed E-state index contributed by atoms with van der Waals surface area (Å²) < 4.78 is 15.7. The van der Waals surface area contributed by atoms with E-state index in [2.05, 4.69) is 10.5 Å². The molecule has 0 radical (unpaired) electrons. The van der Waals surface area contributed by atoms with Crippen molar-refractivity contribution < 1.29 is 19.0 Å². The molecule has 6 nitrogen and oxygen atoms in total. The fraction of sp³-hybridized carbons (Fsp3) is 0.176. The quantitative estimate of drug-likeness (QED) is 0.416. The summed E-state index contributed by atoms with van der Waals surface area (Å²) in [5.41, 5.74) is 3.01. The zero-order chi connectivity index (χ0) is 19.1. The van der Waals surface area contributed by atoms with Crippen LogP contribution >= 0.6 is 34.8 Å². The number of carbonyl (C=O) groups excluding carboxylic acids is 1. The number of hydrogen-bond acceptors (Lipinski definition) is 5. The summed E-state index contributed by atoms with van der Waals surface area (Å²) in [5.74, 6) is 0.976. The van der Waals surface area contributed by atoms with E-state index in [0.717, 1.165) is 0 Å². The van der Waals surface area contributed by atoms with Gasteiger partial charge in [0.1, 0.15) is 17.2 Å². The lowest BCUT2D eigenvalue weighted by molar-refractivity contribution is -0.123. The minimum atomic E-state index is -0.476. The highest BCUT2D eigenvalue weighted by atomic mass is 35.5. The SMILES string of the molecule is COc1ccc(/C=N\NC(=O)COc2cc(Cl)c(Cl)cc2Cl)c(OC)c1. The lowest BCUT2D eigenvalue weighted by Gasteiger charge is -2.08. The average molecular weight is 418 g/mol. The van der Waals surface area contributed by atoms with Crippen molar-refractivity contribution in [2.75, 3.05) is 20.8 Å². The maximum atomic E-state index is 11.8. The van der Waals surface area contributed by atoms with E-state index in [0.29, 0.717) is 22.1 Å². The molecule has 0 aromatic heterocycles. The molecule has 0 aliphatic carbocycles. The minimum absolute atomic E-state index is 0.247. The van der Waals surface area contributed by atoms with Crippen LogP contribution in [0.4, 0.5) is 0 Å². The van der Waals surface area contributed by atoms with Gasteiger partial charge in [-0.05, 0) is 18.2 Å². The number of nitrogens with one attached hydrogen (secondary N) is 1. The number of hydrogen-bond donors (Lipinski definition) is 1. The van der Waals surface area contributed by atoms with Gasteiger partial charge in [-0.3, -0.25) is 4.79 Å². The predicted octanol–water partition coefficient (Wildman–Crippen LogP) is 4.19. The van der Waals surface area contributed by atoms with Crippen LogP contribution in [0.3, 0.4) is 0 Å². The standard InChI is InChI=1S/C17H15Cl3N2O4/c1-24-11-4-3-10(15(5-11)25-2)8-21-22-17(23)9-26-16-7-13(19)12(18)6-14(16)20/h3-8H,9H2,1-2H3,(H,22,23)/b21-8-. The van der Waals surface area contributed by atoms with Crippen molar-refractivity contribution in [3.63, 3.8) is 0 Å². The number of nitrogens with zero attached hydrogens (tertiary/aromatic N) is 1. The van der Waals surface area contributed by atoms with Crippen molar-refractivity contribution >= 4 is 46.9 Å². The highest BCUT2D eigenvalue weighted by Crippen LogP contribution is 2.33. The maximum absolute atomic E-state index is 11.8. The van der Waals surface area contributed by atoms with Crippen molar-refractivity contribution in [3.8, 4) is 17.2 Å². The number of amides is 1. The Morgan fingerprint density at radius 2 is 1.77 bits per heavy atom. The van der Waals surface area contributed by atoms with E-state index in [1.165, 1.54) is 25.5 Å². The lowest BCUT2D eigenvalue weighted by Crippen LogP contribution is -2.24. The summed E-state index contributed by atoms with van der Waals surface area (Å²) in [4.78, 5) is 11.8. The van der Waals surface area contributed by atoms with Crippen molar-refractivity contribution in [2.24, 2.45) is 5.10 Å². The van der Waals surface area contributed by atoms with Gasteiger partial charge in [-0.1, -0.05) is 34.8 Å². The number of carbonyl (C=O) groups is 1. The predicted molar refractivity (Wildman–Crippen MR) is 102 cm³/mol. The third kappa shape index (κ3) is 5.42. The van der Waals surface area contributed by atoms with Crippen LogP contribution in [0.5, 0.6) is 17.2 Å². The van der Waals surface area contributed by atoms with Gasteiger partial charge < -0.3 is 14.2 Å². The third-order valence-electron chi connectivity index (χ3n) is 3.17. The first-order valence-corrected chi connectivity index (χ1v) is 8.39. The molecule has 0 unspecified atom stereocenters. The molecule has 138 valence electrons. The zero-order valence-corrected chi connectivity index (χ0v) is 16.2. The Hall–Kier alpha value is -2.15. The average Bonchev–Trinajstić information content (AvgIpc) is 2.63. The molecule has 0 heterocycles. The van der Waals surface area contributed by atoms with Gasteiger partial charge in [0.15, 0.2) is 6.61 Å². The molecule has 1 N–H and O–H groups in total. The number of ether oxygens (including phenoxy) is 3. The van der Waals surface area contributed by atoms with Crippen molar-refractivity contribution in [1.29, 1.82) is 0 Å². The van der Waals surface area contributed by atoms with Crippen LogP contribution in [0.2, 0.25) is 15.1 Å². The first-order valence-electron chi connectivity index (χ1n) is 7.26. The number of halogens is 3. The van der Waals surface area contributed by atoms with Gasteiger partial charge in [0.25, 0.3) is 5.91 Å². The highest BCUT2D eigenvalue weighted by Gasteiger charge is 2.09. The molecule has 2 aromatic carbocycles. The van der Waals surface area contributed by atoms with Crippen LogP contribution < -0.4 is 19.6 Å². The van der Waals surface area contributed by atoms with E-state index in [9.17, 15) is 4.79 Å². The van der Waals surface area contributed by atoms with Crippen LogP contribution in [-0.4, -0.2) is 32.9 Å². The molecule has 0 aliphatic heterocycles. The van der Waals surface area contributed by atoms with Crippen molar-refractivity contribution in [2.45, 2.75) is 0 Å². The smallest absolute Gasteiger partial charge is 0.277 e. The molecular formula is C17H15Cl3N2O4. The van der Waals surface area contributed by atoms with Gasteiger partial charge >= 0.3 is 0 Å². The summed E-state index contributed by atoms with van der Waals surface area (Å²) in [5, 5.41) is 4.69. The van der Waals surface area contributed by atoms with Gasteiger partial charge in [0.05, 0.1) is 35.5 Å². The van der Waals surface area contributed by atoms with Gasteiger partial charge in [-0.25, -0.2) is 5.43 Å². The monoisotopic (exact) mass is 416 g/mol. The molecule has 0 bridgehead atoms. The number of benzene rings is 2. The van der Waals surface area contributed by atoms with E-state index in [4.69, 9.17) is 49.0 Å². The summed E-state index contributed by atoms with van der Waals surface area (Å²) >= 11 is 17.7. The maximum Gasteiger partial charge on any atom is 0.277 e. The molecule has 2 aromatic rings. The highest BCUT2D eigenvalue weighted by molar-refractivity contribution is 6.43. The molecule has 1 amide bonds. The Morgan fingerprint density at radius 3 is 2.46 bits per heavy atom. The number of methoxy groups -OCH3 is 2. The zero-order valence-electron chi connectivity index (χ0n) is 13.9. The van der Waals surface area contributed by atoms with Crippen molar-refractivity contribution in [1.82, 2.24) is 5.43 Å². The molecule has 0 saturated heterocycles. The van der Waals surface area contributed by atoms with E-state index < -0.39 is 5.91 Å². The minimum Gasteiger partial charge on any atom is -0.497 e. The Morgan fingerprint density at radius 1 is 1.04 bits per heavy atom. The van der Waals surface area contributed by atoms with Gasteiger partial charge in [0.2, 0.25) is 0 Å². The molecule has 26 heavy (non-hydrogen) atoms. The lowest BCUT2D eigenvalue weighted by atomic mass is 10.2. The van der Waals surface area contributed by atoms with Crippen LogP contribution in [-0.2, 0) is 4.79 Å². The fourth-order valence-corrected chi connectivity index (χ4v) is 2.48. The summed E-state index contributed by atoms with van der Waals surface area (Å²) in [6, 6.07) is 8.08. The summed E-state index contributed by atoms with van der Waals surface area (Å²) in [6.45, 7) is -0.297. The van der Waals surface area contributed by atoms with E-state index >= 15 is 0 Å². The van der Waals surface area contributed by atoms with E-state index in [1.54, 1.807) is 25.3 Å². The first kappa shape index (κ1) is 20.2. The first-order chi connectivity index (χ1) is 12.4. The van der Waals surface area contributed by atoms with Crippen LogP contribution in [0.25, 0.3) is 0 Å². The molecule has 0 atom stereocenters. The van der Waals surface area contributed by atoms with Crippen LogP contribution in [0.15, 0.2) is 35.4 Å². The Balaban J connectivity index is 1.93. The second-order valence-corrected chi connectivity index (χ2v) is 6.11. The van der Waals surface area contributed by atoms with Gasteiger partial charge in [-0.15, -0.1) is 0 Å². The van der Waals surface area contributed by atoms with Crippen LogP contribution in [0, 0.1) is 0 Å². The molecular weight excluding hydrogens is 403 g/mol. The summed E-state index contributed by atoms with van der Waals surface area (Å²) in [6.07, 6.45) is 1.45. The fourth-order valence-electron chi connectivity index (χ4n) is 1.89. The topological polar surface area (TPSA) is 69.2 Å². The Bertz CT molecular complexity index is 828. The number of rotatable bonds is 7. The van der Waals surface area contributed by atoms with Crippen LogP contribution in [0.1, 0.15) is 5.56 Å². The van der Waals surface area contributed by atoms with Gasteiger partial charge in [0, 0.05) is 17.7 Å². The number of hydrazone groups is 1. The Kier molecular flexibility index (Phi) is 7.38. The molecule has 0 fully saturated rings. The second-order valence-electron chi connectivity index (χ2n) is 4.89.